The first kappa shape index (κ1) is 13.1. The lowest BCUT2D eigenvalue weighted by atomic mass is 10.2. The number of aliphatic hydroxyl groups excluding tert-OH is 1. The van der Waals surface area contributed by atoms with Crippen LogP contribution in [0.25, 0.3) is 0 Å². The van der Waals surface area contributed by atoms with Crippen LogP contribution in [-0.2, 0) is 0 Å². The Hall–Kier alpha value is -1.31. The van der Waals surface area contributed by atoms with Gasteiger partial charge in [0.2, 0.25) is 0 Å². The van der Waals surface area contributed by atoms with E-state index in [1.54, 1.807) is 0 Å². The molecule has 1 fully saturated rings. The molecular weight excluding hydrogens is 246 g/mol. The second-order valence-electron chi connectivity index (χ2n) is 4.33. The fourth-order valence-electron chi connectivity index (χ4n) is 2.08. The van der Waals surface area contributed by atoms with Gasteiger partial charge in [0, 0.05) is 13.1 Å². The van der Waals surface area contributed by atoms with E-state index in [4.69, 9.17) is 5.11 Å². The fourth-order valence-corrected chi connectivity index (χ4v) is 2.92. The lowest BCUT2D eigenvalue weighted by Gasteiger charge is -2.19. The average molecular weight is 263 g/mol. The summed E-state index contributed by atoms with van der Waals surface area (Å²) in [7, 11) is 0. The number of nitrogens with zero attached hydrogens (tertiary/aromatic N) is 1. The second-order valence-corrected chi connectivity index (χ2v) is 5.41. The fraction of sp³-hybridized carbons (Fsp3) is 0.500. The van der Waals surface area contributed by atoms with Crippen LogP contribution in [0.15, 0.2) is 12.1 Å². The number of thiophene rings is 1. The molecule has 1 amide bonds. The van der Waals surface area contributed by atoms with Gasteiger partial charge in [-0.2, -0.15) is 0 Å². The van der Waals surface area contributed by atoms with Crippen molar-refractivity contribution >= 4 is 17.2 Å². The third kappa shape index (κ3) is 3.34. The van der Waals surface area contributed by atoms with E-state index in [0.717, 1.165) is 35.7 Å². The Morgan fingerprint density at radius 1 is 1.28 bits per heavy atom. The molecule has 1 aromatic heterocycles. The third-order valence-corrected chi connectivity index (χ3v) is 3.99. The lowest BCUT2D eigenvalue weighted by Crippen LogP contribution is -2.31. The first-order chi connectivity index (χ1) is 8.81. The molecule has 3 nitrogen and oxygen atoms in total. The third-order valence-electron chi connectivity index (χ3n) is 3.00. The molecule has 1 aromatic rings. The van der Waals surface area contributed by atoms with Gasteiger partial charge in [-0.15, -0.1) is 11.3 Å². The molecule has 96 valence electrons. The van der Waals surface area contributed by atoms with Gasteiger partial charge in [-0.25, -0.2) is 0 Å². The second kappa shape index (κ2) is 6.58. The maximum Gasteiger partial charge on any atom is 0.263 e. The van der Waals surface area contributed by atoms with Gasteiger partial charge in [0.25, 0.3) is 5.91 Å². The van der Waals surface area contributed by atoms with Crippen LogP contribution in [0.2, 0.25) is 0 Å². The van der Waals surface area contributed by atoms with Gasteiger partial charge >= 0.3 is 0 Å². The molecule has 0 atom stereocenters. The van der Waals surface area contributed by atoms with Crippen LogP contribution in [0.5, 0.6) is 0 Å². The molecule has 18 heavy (non-hydrogen) atoms. The molecule has 1 aliphatic rings. The minimum atomic E-state index is -0.146. The highest BCUT2D eigenvalue weighted by Gasteiger charge is 2.18. The maximum absolute atomic E-state index is 12.3. The molecule has 0 radical (unpaired) electrons. The van der Waals surface area contributed by atoms with Crippen molar-refractivity contribution in [1.82, 2.24) is 4.90 Å². The quantitative estimate of drug-likeness (QED) is 0.788. The molecule has 0 unspecified atom stereocenters. The van der Waals surface area contributed by atoms with Gasteiger partial charge in [0.05, 0.1) is 9.75 Å². The molecular formula is C14H17NO2S. The summed E-state index contributed by atoms with van der Waals surface area (Å²) in [6, 6.07) is 3.68. The summed E-state index contributed by atoms with van der Waals surface area (Å²) in [5.41, 5.74) is 0. The van der Waals surface area contributed by atoms with Gasteiger partial charge in [-0.05, 0) is 25.0 Å². The van der Waals surface area contributed by atoms with E-state index in [-0.39, 0.29) is 12.5 Å². The highest BCUT2D eigenvalue weighted by Crippen LogP contribution is 2.19. The maximum atomic E-state index is 12.3. The van der Waals surface area contributed by atoms with Crippen LogP contribution in [0.1, 0.15) is 40.2 Å². The minimum absolute atomic E-state index is 0.124. The average Bonchev–Trinajstić information content (AvgIpc) is 2.69. The van der Waals surface area contributed by atoms with Crippen LogP contribution in [-0.4, -0.2) is 35.6 Å². The lowest BCUT2D eigenvalue weighted by molar-refractivity contribution is 0.0766. The smallest absolute Gasteiger partial charge is 0.263 e. The zero-order valence-corrected chi connectivity index (χ0v) is 11.1. The van der Waals surface area contributed by atoms with Crippen molar-refractivity contribution in [3.63, 3.8) is 0 Å². The molecule has 1 aliphatic heterocycles. The first-order valence-corrected chi connectivity index (χ1v) is 7.12. The molecule has 1 saturated heterocycles. The van der Waals surface area contributed by atoms with E-state index in [0.29, 0.717) is 0 Å². The molecule has 0 saturated carbocycles. The normalized spacial score (nSPS) is 15.7. The van der Waals surface area contributed by atoms with Crippen molar-refractivity contribution < 1.29 is 9.90 Å². The summed E-state index contributed by atoms with van der Waals surface area (Å²) in [4.78, 5) is 15.8. The van der Waals surface area contributed by atoms with Crippen LogP contribution in [0, 0.1) is 11.8 Å². The topological polar surface area (TPSA) is 40.5 Å². The SMILES string of the molecule is O=C(c1ccc(C#CCO)s1)N1CCCCCC1. The van der Waals surface area contributed by atoms with E-state index in [9.17, 15) is 4.79 Å². The molecule has 0 spiro atoms. The van der Waals surface area contributed by atoms with Crippen LogP contribution in [0.3, 0.4) is 0 Å². The van der Waals surface area contributed by atoms with Gasteiger partial charge in [-0.3, -0.25) is 4.79 Å². The van der Waals surface area contributed by atoms with Gasteiger partial charge in [0.1, 0.15) is 6.61 Å². The van der Waals surface area contributed by atoms with Crippen LogP contribution in [0.4, 0.5) is 0 Å². The van der Waals surface area contributed by atoms with Crippen molar-refractivity contribution in [3.8, 4) is 11.8 Å². The summed E-state index contributed by atoms with van der Waals surface area (Å²) in [6.45, 7) is 1.59. The van der Waals surface area contributed by atoms with Crippen molar-refractivity contribution in [3.05, 3.63) is 21.9 Å². The number of hydrogen-bond acceptors (Lipinski definition) is 3. The summed E-state index contributed by atoms with van der Waals surface area (Å²) in [5.74, 6) is 5.55. The summed E-state index contributed by atoms with van der Waals surface area (Å²) in [6.07, 6.45) is 4.66. The largest absolute Gasteiger partial charge is 0.384 e. The molecule has 0 aliphatic carbocycles. The number of carbonyl (C=O) groups excluding carboxylic acids is 1. The molecule has 0 bridgehead atoms. The number of carbonyl (C=O) groups is 1. The zero-order chi connectivity index (χ0) is 12.8. The van der Waals surface area contributed by atoms with E-state index in [2.05, 4.69) is 11.8 Å². The Labute approximate surface area is 111 Å². The summed E-state index contributed by atoms with van der Waals surface area (Å²) >= 11 is 1.41. The first-order valence-electron chi connectivity index (χ1n) is 6.30. The monoisotopic (exact) mass is 263 g/mol. The van der Waals surface area contributed by atoms with Crippen molar-refractivity contribution in [2.75, 3.05) is 19.7 Å². The summed E-state index contributed by atoms with van der Waals surface area (Å²) in [5, 5.41) is 8.63. The van der Waals surface area contributed by atoms with Crippen molar-refractivity contribution in [2.24, 2.45) is 0 Å². The Kier molecular flexibility index (Phi) is 4.80. The van der Waals surface area contributed by atoms with Crippen molar-refractivity contribution in [2.45, 2.75) is 25.7 Å². The molecule has 1 N–H and O–H groups in total. The number of rotatable bonds is 1. The summed E-state index contributed by atoms with van der Waals surface area (Å²) < 4.78 is 0. The van der Waals surface area contributed by atoms with Crippen LogP contribution < -0.4 is 0 Å². The highest BCUT2D eigenvalue weighted by molar-refractivity contribution is 7.14. The number of amides is 1. The number of hydrogen-bond donors (Lipinski definition) is 1. The molecule has 4 heteroatoms. The highest BCUT2D eigenvalue weighted by atomic mass is 32.1. The molecule has 2 rings (SSSR count). The van der Waals surface area contributed by atoms with Gasteiger partial charge in [0.15, 0.2) is 0 Å². The zero-order valence-electron chi connectivity index (χ0n) is 10.3. The van der Waals surface area contributed by atoms with Gasteiger partial charge in [-0.1, -0.05) is 24.7 Å². The Bertz CT molecular complexity index is 462. The number of aliphatic hydroxyl groups is 1. The Balaban J connectivity index is 2.05. The van der Waals surface area contributed by atoms with E-state index < -0.39 is 0 Å². The van der Waals surface area contributed by atoms with Crippen molar-refractivity contribution in [1.29, 1.82) is 0 Å². The Morgan fingerprint density at radius 3 is 2.67 bits per heavy atom. The van der Waals surface area contributed by atoms with E-state index in [1.165, 1.54) is 24.2 Å². The standard InChI is InChI=1S/C14H17NO2S/c16-11-5-6-12-7-8-13(18-12)14(17)15-9-3-1-2-4-10-15/h7-8,16H,1-4,9-11H2. The molecule has 0 aromatic carbocycles. The number of likely N-dealkylation sites (tertiary alicyclic amines) is 1. The van der Waals surface area contributed by atoms with E-state index >= 15 is 0 Å². The minimum Gasteiger partial charge on any atom is -0.384 e. The van der Waals surface area contributed by atoms with Gasteiger partial charge < -0.3 is 10.0 Å². The predicted molar refractivity (Wildman–Crippen MR) is 72.7 cm³/mol. The predicted octanol–water partition coefficient (Wildman–Crippen LogP) is 2.11. The van der Waals surface area contributed by atoms with Crippen LogP contribution >= 0.6 is 11.3 Å². The Morgan fingerprint density at radius 2 is 2.00 bits per heavy atom. The van der Waals surface area contributed by atoms with E-state index in [1.807, 2.05) is 17.0 Å². The molecule has 2 heterocycles.